The van der Waals surface area contributed by atoms with Crippen LogP contribution in [0, 0.1) is 12.8 Å². The SMILES string of the molecule is CNCCC1CCN(C(=O)c2cc(=O)n(-c3ccc(C)cc3)[nH]2)CC1.Cl. The summed E-state index contributed by atoms with van der Waals surface area (Å²) in [6, 6.07) is 9.03. The molecule has 1 saturated heterocycles. The number of halogens is 1. The number of amides is 1. The average Bonchev–Trinajstić information content (AvgIpc) is 3.02. The molecule has 0 unspecified atom stereocenters. The molecule has 2 aromatic rings. The van der Waals surface area contributed by atoms with Crippen molar-refractivity contribution in [2.24, 2.45) is 5.92 Å². The first-order chi connectivity index (χ1) is 12.1. The quantitative estimate of drug-likeness (QED) is 0.839. The van der Waals surface area contributed by atoms with Gasteiger partial charge in [0, 0.05) is 19.2 Å². The van der Waals surface area contributed by atoms with E-state index in [0.29, 0.717) is 11.6 Å². The fourth-order valence-electron chi connectivity index (χ4n) is 3.33. The maximum atomic E-state index is 12.7. The summed E-state index contributed by atoms with van der Waals surface area (Å²) >= 11 is 0. The third-order valence-corrected chi connectivity index (χ3v) is 4.95. The number of benzene rings is 1. The minimum absolute atomic E-state index is 0. The molecule has 1 aromatic carbocycles. The van der Waals surface area contributed by atoms with Crippen LogP contribution in [-0.4, -0.2) is 47.3 Å². The van der Waals surface area contributed by atoms with Crippen LogP contribution in [0.15, 0.2) is 35.1 Å². The number of aromatic nitrogens is 2. The summed E-state index contributed by atoms with van der Waals surface area (Å²) in [5.41, 5.74) is 2.01. The number of hydrogen-bond donors (Lipinski definition) is 2. The number of aryl methyl sites for hydroxylation is 1. The van der Waals surface area contributed by atoms with E-state index in [9.17, 15) is 9.59 Å². The number of nitrogens with one attached hydrogen (secondary N) is 2. The Labute approximate surface area is 160 Å². The van der Waals surface area contributed by atoms with Crippen LogP contribution in [0.3, 0.4) is 0 Å². The molecule has 1 aromatic heterocycles. The Hall–Kier alpha value is -2.05. The summed E-state index contributed by atoms with van der Waals surface area (Å²) in [7, 11) is 1.97. The van der Waals surface area contributed by atoms with E-state index < -0.39 is 0 Å². The van der Waals surface area contributed by atoms with Gasteiger partial charge in [-0.25, -0.2) is 4.68 Å². The van der Waals surface area contributed by atoms with Crippen LogP contribution in [0.25, 0.3) is 5.69 Å². The highest BCUT2D eigenvalue weighted by Gasteiger charge is 2.25. The third kappa shape index (κ3) is 4.56. The molecular formula is C19H27ClN4O2. The first kappa shape index (κ1) is 20.3. The van der Waals surface area contributed by atoms with E-state index >= 15 is 0 Å². The van der Waals surface area contributed by atoms with Gasteiger partial charge in [0.1, 0.15) is 5.69 Å². The van der Waals surface area contributed by atoms with Crippen LogP contribution in [0.5, 0.6) is 0 Å². The van der Waals surface area contributed by atoms with E-state index in [1.165, 1.54) is 10.7 Å². The summed E-state index contributed by atoms with van der Waals surface area (Å²) in [5, 5.41) is 6.14. The second-order valence-corrected chi connectivity index (χ2v) is 6.81. The molecule has 1 amide bonds. The number of aromatic amines is 1. The first-order valence-corrected chi connectivity index (χ1v) is 8.91. The molecule has 0 atom stereocenters. The van der Waals surface area contributed by atoms with Crippen molar-refractivity contribution in [1.29, 1.82) is 0 Å². The maximum absolute atomic E-state index is 12.7. The Morgan fingerprint density at radius 1 is 1.23 bits per heavy atom. The number of nitrogens with zero attached hydrogens (tertiary/aromatic N) is 2. The number of rotatable bonds is 5. The van der Waals surface area contributed by atoms with Crippen LogP contribution in [-0.2, 0) is 0 Å². The molecular weight excluding hydrogens is 352 g/mol. The van der Waals surface area contributed by atoms with Gasteiger partial charge in [-0.3, -0.25) is 14.7 Å². The van der Waals surface area contributed by atoms with Gasteiger partial charge in [-0.15, -0.1) is 12.4 Å². The lowest BCUT2D eigenvalue weighted by Gasteiger charge is -2.31. The van der Waals surface area contributed by atoms with Gasteiger partial charge in [-0.1, -0.05) is 17.7 Å². The summed E-state index contributed by atoms with van der Waals surface area (Å²) in [5.74, 6) is 0.586. The Morgan fingerprint density at radius 2 is 1.88 bits per heavy atom. The Kier molecular flexibility index (Phi) is 7.06. The van der Waals surface area contributed by atoms with Crippen molar-refractivity contribution < 1.29 is 4.79 Å². The molecule has 1 fully saturated rings. The number of hydrogen-bond acceptors (Lipinski definition) is 3. The van der Waals surface area contributed by atoms with Crippen molar-refractivity contribution in [3.05, 3.63) is 51.9 Å². The number of H-pyrrole nitrogens is 1. The van der Waals surface area contributed by atoms with Gasteiger partial charge in [0.05, 0.1) is 5.69 Å². The third-order valence-electron chi connectivity index (χ3n) is 4.95. The second-order valence-electron chi connectivity index (χ2n) is 6.81. The smallest absolute Gasteiger partial charge is 0.271 e. The Bertz CT molecular complexity index is 774. The fourth-order valence-corrected chi connectivity index (χ4v) is 3.33. The standard InChI is InChI=1S/C19H26N4O2.ClH/c1-14-3-5-16(6-4-14)23-18(24)13-17(21-23)19(25)22-11-8-15(9-12-22)7-10-20-2;/h3-6,13,15,20-21H,7-12H2,1-2H3;1H. The molecule has 0 bridgehead atoms. The predicted octanol–water partition coefficient (Wildman–Crippen LogP) is 2.36. The number of likely N-dealkylation sites (tertiary alicyclic amines) is 1. The van der Waals surface area contributed by atoms with Gasteiger partial charge in [0.2, 0.25) is 0 Å². The summed E-state index contributed by atoms with van der Waals surface area (Å²) in [6.45, 7) is 4.53. The highest BCUT2D eigenvalue weighted by atomic mass is 35.5. The molecule has 0 radical (unpaired) electrons. The van der Waals surface area contributed by atoms with Gasteiger partial charge in [0.25, 0.3) is 11.5 Å². The molecule has 0 aliphatic carbocycles. The Balaban J connectivity index is 0.00000243. The first-order valence-electron chi connectivity index (χ1n) is 8.91. The zero-order valence-corrected chi connectivity index (χ0v) is 16.1. The number of piperidine rings is 1. The lowest BCUT2D eigenvalue weighted by atomic mass is 9.93. The topological polar surface area (TPSA) is 70.1 Å². The largest absolute Gasteiger partial charge is 0.337 e. The van der Waals surface area contributed by atoms with Gasteiger partial charge in [-0.05, 0) is 57.8 Å². The minimum Gasteiger partial charge on any atom is -0.337 e. The predicted molar refractivity (Wildman–Crippen MR) is 106 cm³/mol. The van der Waals surface area contributed by atoms with Gasteiger partial charge >= 0.3 is 0 Å². The van der Waals surface area contributed by atoms with Crippen LogP contribution in [0.2, 0.25) is 0 Å². The lowest BCUT2D eigenvalue weighted by molar-refractivity contribution is 0.0680. The van der Waals surface area contributed by atoms with Crippen molar-refractivity contribution in [2.75, 3.05) is 26.7 Å². The molecule has 2 N–H and O–H groups in total. The molecule has 2 heterocycles. The van der Waals surface area contributed by atoms with Crippen molar-refractivity contribution in [2.45, 2.75) is 26.2 Å². The molecule has 0 saturated carbocycles. The van der Waals surface area contributed by atoms with Gasteiger partial charge < -0.3 is 10.2 Å². The van der Waals surface area contributed by atoms with Crippen LogP contribution in [0.4, 0.5) is 0 Å². The molecule has 3 rings (SSSR count). The van der Waals surface area contributed by atoms with E-state index in [0.717, 1.165) is 50.1 Å². The maximum Gasteiger partial charge on any atom is 0.271 e. The van der Waals surface area contributed by atoms with E-state index in [1.54, 1.807) is 0 Å². The van der Waals surface area contributed by atoms with Crippen molar-refractivity contribution in [1.82, 2.24) is 20.0 Å². The van der Waals surface area contributed by atoms with Gasteiger partial charge in [0.15, 0.2) is 0 Å². The molecule has 0 spiro atoms. The van der Waals surface area contributed by atoms with Gasteiger partial charge in [-0.2, -0.15) is 0 Å². The Morgan fingerprint density at radius 3 is 2.50 bits per heavy atom. The average molecular weight is 379 g/mol. The monoisotopic (exact) mass is 378 g/mol. The molecule has 1 aliphatic rings. The summed E-state index contributed by atoms with van der Waals surface area (Å²) in [4.78, 5) is 26.8. The number of carbonyl (C=O) groups is 1. The molecule has 26 heavy (non-hydrogen) atoms. The molecule has 142 valence electrons. The van der Waals surface area contributed by atoms with Crippen molar-refractivity contribution in [3.63, 3.8) is 0 Å². The highest BCUT2D eigenvalue weighted by molar-refractivity contribution is 5.92. The molecule has 6 nitrogen and oxygen atoms in total. The normalized spacial score (nSPS) is 14.9. The van der Waals surface area contributed by atoms with E-state index in [-0.39, 0.29) is 23.9 Å². The highest BCUT2D eigenvalue weighted by Crippen LogP contribution is 2.21. The summed E-state index contributed by atoms with van der Waals surface area (Å²) in [6.07, 6.45) is 3.20. The van der Waals surface area contributed by atoms with E-state index in [2.05, 4.69) is 10.4 Å². The van der Waals surface area contributed by atoms with Crippen LogP contribution < -0.4 is 10.9 Å². The molecule has 7 heteroatoms. The summed E-state index contributed by atoms with van der Waals surface area (Å²) < 4.78 is 1.42. The van der Waals surface area contributed by atoms with Crippen LogP contribution in [0.1, 0.15) is 35.3 Å². The zero-order chi connectivity index (χ0) is 17.8. The number of carbonyl (C=O) groups excluding carboxylic acids is 1. The van der Waals surface area contributed by atoms with E-state index in [4.69, 9.17) is 0 Å². The zero-order valence-electron chi connectivity index (χ0n) is 15.3. The van der Waals surface area contributed by atoms with Crippen molar-refractivity contribution >= 4 is 18.3 Å². The minimum atomic E-state index is -0.212. The lowest BCUT2D eigenvalue weighted by Crippen LogP contribution is -2.39. The second kappa shape index (κ2) is 9.05. The molecule has 1 aliphatic heterocycles. The van der Waals surface area contributed by atoms with E-state index in [1.807, 2.05) is 43.1 Å². The fraction of sp³-hybridized carbons (Fsp3) is 0.474. The van der Waals surface area contributed by atoms with Crippen molar-refractivity contribution in [3.8, 4) is 5.69 Å². The van der Waals surface area contributed by atoms with Crippen LogP contribution >= 0.6 is 12.4 Å².